The van der Waals surface area contributed by atoms with E-state index in [0.29, 0.717) is 21.7 Å². The second-order valence-electron chi connectivity index (χ2n) is 6.15. The first-order chi connectivity index (χ1) is 12.4. The Bertz CT molecular complexity index is 889. The third kappa shape index (κ3) is 4.42. The van der Waals surface area contributed by atoms with Crippen LogP contribution in [-0.2, 0) is 0 Å². The lowest BCUT2D eigenvalue weighted by molar-refractivity contribution is 0.249. The molecule has 136 valence electrons. The maximum Gasteiger partial charge on any atom is 0.319 e. The predicted octanol–water partition coefficient (Wildman–Crippen LogP) is 5.46. The molecule has 2 heterocycles. The lowest BCUT2D eigenvalue weighted by atomic mass is 10.2. The summed E-state index contributed by atoms with van der Waals surface area (Å²) in [5.41, 5.74) is 1.48. The third-order valence-electron chi connectivity index (χ3n) is 3.72. The maximum atomic E-state index is 12.1. The van der Waals surface area contributed by atoms with Gasteiger partial charge in [0.15, 0.2) is 5.82 Å². The van der Waals surface area contributed by atoms with E-state index in [-0.39, 0.29) is 18.0 Å². The highest BCUT2D eigenvalue weighted by Gasteiger charge is 2.13. The molecule has 1 unspecified atom stereocenters. The number of halogens is 1. The minimum Gasteiger partial charge on any atom is -0.334 e. The number of amides is 2. The summed E-state index contributed by atoms with van der Waals surface area (Å²) in [5, 5.41) is 9.64. The summed E-state index contributed by atoms with van der Waals surface area (Å²) in [4.78, 5) is 17.5. The van der Waals surface area contributed by atoms with Crippen LogP contribution in [0, 0.1) is 0 Å². The number of carbonyl (C=O) groups excluding carboxylic acids is 1. The van der Waals surface area contributed by atoms with E-state index in [4.69, 9.17) is 16.1 Å². The van der Waals surface area contributed by atoms with Crippen LogP contribution < -0.4 is 10.6 Å². The molecule has 0 saturated carbocycles. The largest absolute Gasteiger partial charge is 0.334 e. The minimum atomic E-state index is -0.283. The lowest BCUT2D eigenvalue weighted by Crippen LogP contribution is -2.30. The Balaban J connectivity index is 1.60. The average molecular weight is 391 g/mol. The van der Waals surface area contributed by atoms with Crippen LogP contribution in [0.4, 0.5) is 10.5 Å². The summed E-state index contributed by atoms with van der Waals surface area (Å²) in [7, 11) is 0. The van der Waals surface area contributed by atoms with E-state index in [0.717, 1.165) is 10.4 Å². The molecule has 1 atom stereocenters. The van der Waals surface area contributed by atoms with Gasteiger partial charge in [-0.25, -0.2) is 4.79 Å². The fourth-order valence-electron chi connectivity index (χ4n) is 2.28. The number of thiophene rings is 1. The Morgan fingerprint density at radius 1 is 1.15 bits per heavy atom. The number of carbonyl (C=O) groups is 1. The summed E-state index contributed by atoms with van der Waals surface area (Å²) in [6.07, 6.45) is 0. The van der Waals surface area contributed by atoms with E-state index < -0.39 is 0 Å². The van der Waals surface area contributed by atoms with E-state index in [2.05, 4.69) is 20.8 Å². The highest BCUT2D eigenvalue weighted by molar-refractivity contribution is 7.16. The van der Waals surface area contributed by atoms with Gasteiger partial charge in [0.25, 0.3) is 5.89 Å². The Hall–Kier alpha value is -2.38. The number of aromatic nitrogens is 2. The lowest BCUT2D eigenvalue weighted by Gasteiger charge is -2.13. The van der Waals surface area contributed by atoms with E-state index in [1.54, 1.807) is 12.1 Å². The van der Waals surface area contributed by atoms with Gasteiger partial charge in [-0.1, -0.05) is 30.6 Å². The van der Waals surface area contributed by atoms with Crippen LogP contribution in [0.5, 0.6) is 0 Å². The minimum absolute atomic E-state index is 0.125. The van der Waals surface area contributed by atoms with Crippen molar-refractivity contribution in [2.24, 2.45) is 0 Å². The molecule has 2 N–H and O–H groups in total. The quantitative estimate of drug-likeness (QED) is 0.606. The van der Waals surface area contributed by atoms with Crippen molar-refractivity contribution in [1.29, 1.82) is 0 Å². The van der Waals surface area contributed by atoms with E-state index in [1.807, 2.05) is 45.0 Å². The molecule has 1 aromatic carbocycles. The van der Waals surface area contributed by atoms with Gasteiger partial charge < -0.3 is 15.2 Å². The Kier molecular flexibility index (Phi) is 5.58. The molecular formula is C18H19ClN4O2S. The van der Waals surface area contributed by atoms with Gasteiger partial charge in [-0.05, 0) is 43.3 Å². The summed E-state index contributed by atoms with van der Waals surface area (Å²) in [6.45, 7) is 5.92. The van der Waals surface area contributed by atoms with E-state index in [1.165, 1.54) is 11.3 Å². The monoisotopic (exact) mass is 390 g/mol. The van der Waals surface area contributed by atoms with Gasteiger partial charge in [-0.3, -0.25) is 0 Å². The zero-order valence-electron chi connectivity index (χ0n) is 14.6. The van der Waals surface area contributed by atoms with Crippen LogP contribution in [0.3, 0.4) is 0 Å². The first-order valence-electron chi connectivity index (χ1n) is 8.19. The number of nitrogens with one attached hydrogen (secondary N) is 2. The fraction of sp³-hybridized carbons (Fsp3) is 0.278. The van der Waals surface area contributed by atoms with Crippen LogP contribution >= 0.6 is 22.9 Å². The topological polar surface area (TPSA) is 80.0 Å². The summed E-state index contributed by atoms with van der Waals surface area (Å²) >= 11 is 7.38. The van der Waals surface area contributed by atoms with Gasteiger partial charge in [-0.15, -0.1) is 11.3 Å². The van der Waals surface area contributed by atoms with Gasteiger partial charge in [0, 0.05) is 22.0 Å². The molecule has 0 aliphatic carbocycles. The van der Waals surface area contributed by atoms with Crippen molar-refractivity contribution < 1.29 is 9.32 Å². The molecule has 2 aromatic heterocycles. The molecular weight excluding hydrogens is 372 g/mol. The van der Waals surface area contributed by atoms with Gasteiger partial charge in [0.05, 0.1) is 10.4 Å². The zero-order valence-corrected chi connectivity index (χ0v) is 16.2. The molecule has 2 amide bonds. The number of rotatable bonds is 5. The number of urea groups is 1. The molecule has 0 spiro atoms. The number of hydrogen-bond donors (Lipinski definition) is 2. The van der Waals surface area contributed by atoms with E-state index >= 15 is 0 Å². The SMILES string of the molecule is CC(C)c1noc(-c2ccc(NC(=O)NC(C)c3ccc(Cl)s3)cc2)n1. The number of hydrogen-bond acceptors (Lipinski definition) is 5. The van der Waals surface area contributed by atoms with Crippen molar-refractivity contribution in [2.75, 3.05) is 5.32 Å². The summed E-state index contributed by atoms with van der Waals surface area (Å²) in [6, 6.07) is 10.6. The fourth-order valence-corrected chi connectivity index (χ4v) is 3.34. The predicted molar refractivity (Wildman–Crippen MR) is 104 cm³/mol. The van der Waals surface area contributed by atoms with Crippen LogP contribution in [0.1, 0.15) is 43.4 Å². The zero-order chi connectivity index (χ0) is 18.7. The molecule has 26 heavy (non-hydrogen) atoms. The molecule has 0 radical (unpaired) electrons. The summed E-state index contributed by atoms with van der Waals surface area (Å²) < 4.78 is 5.97. The number of benzene rings is 1. The molecule has 0 fully saturated rings. The first-order valence-corrected chi connectivity index (χ1v) is 9.38. The van der Waals surface area contributed by atoms with Crippen molar-refractivity contribution in [3.05, 3.63) is 51.4 Å². The van der Waals surface area contributed by atoms with Gasteiger partial charge >= 0.3 is 6.03 Å². The summed E-state index contributed by atoms with van der Waals surface area (Å²) in [5.74, 6) is 1.34. The van der Waals surface area contributed by atoms with Crippen LogP contribution in [0.25, 0.3) is 11.5 Å². The van der Waals surface area contributed by atoms with Gasteiger partial charge in [-0.2, -0.15) is 4.98 Å². The van der Waals surface area contributed by atoms with Crippen molar-refractivity contribution in [3.63, 3.8) is 0 Å². The standard InChI is InChI=1S/C18H19ClN4O2S/c1-10(2)16-22-17(25-23-16)12-4-6-13(7-5-12)21-18(24)20-11(3)14-8-9-15(19)26-14/h4-11H,1-3H3,(H2,20,21,24). The molecule has 0 aliphatic heterocycles. The Morgan fingerprint density at radius 3 is 2.46 bits per heavy atom. The highest BCUT2D eigenvalue weighted by atomic mass is 35.5. The third-order valence-corrected chi connectivity index (χ3v) is 5.13. The second kappa shape index (κ2) is 7.88. The van der Waals surface area contributed by atoms with Gasteiger partial charge in [0.1, 0.15) is 0 Å². The molecule has 6 nitrogen and oxygen atoms in total. The van der Waals surface area contributed by atoms with Crippen LogP contribution in [-0.4, -0.2) is 16.2 Å². The van der Waals surface area contributed by atoms with Crippen molar-refractivity contribution in [3.8, 4) is 11.5 Å². The molecule has 8 heteroatoms. The number of anilines is 1. The normalized spacial score (nSPS) is 12.2. The molecule has 3 aromatic rings. The Labute approximate surface area is 160 Å². The highest BCUT2D eigenvalue weighted by Crippen LogP contribution is 2.27. The van der Waals surface area contributed by atoms with Crippen LogP contribution in [0.2, 0.25) is 4.34 Å². The van der Waals surface area contributed by atoms with Gasteiger partial charge in [0.2, 0.25) is 0 Å². The molecule has 0 bridgehead atoms. The maximum absolute atomic E-state index is 12.1. The Morgan fingerprint density at radius 2 is 1.88 bits per heavy atom. The van der Waals surface area contributed by atoms with Crippen molar-refractivity contribution in [2.45, 2.75) is 32.7 Å². The number of nitrogens with zero attached hydrogens (tertiary/aromatic N) is 2. The smallest absolute Gasteiger partial charge is 0.319 e. The first kappa shape index (κ1) is 18.4. The average Bonchev–Trinajstić information content (AvgIpc) is 3.24. The van der Waals surface area contributed by atoms with Crippen molar-refractivity contribution >= 4 is 34.7 Å². The van der Waals surface area contributed by atoms with E-state index in [9.17, 15) is 4.79 Å². The molecule has 3 rings (SSSR count). The van der Waals surface area contributed by atoms with Crippen LogP contribution in [0.15, 0.2) is 40.9 Å². The second-order valence-corrected chi connectivity index (χ2v) is 7.90. The molecule has 0 aliphatic rings. The molecule has 0 saturated heterocycles. The van der Waals surface area contributed by atoms with Crippen molar-refractivity contribution in [1.82, 2.24) is 15.5 Å².